The minimum absolute atomic E-state index is 0.192. The summed E-state index contributed by atoms with van der Waals surface area (Å²) in [6.07, 6.45) is 0.469. The maximum Gasteiger partial charge on any atom is 0.262 e. The molecule has 0 bridgehead atoms. The summed E-state index contributed by atoms with van der Waals surface area (Å²) in [4.78, 5) is 44.1. The molecule has 0 radical (unpaired) electrons. The largest absolute Gasteiger partial charge is 0.379 e. The highest BCUT2D eigenvalue weighted by Gasteiger charge is 2.30. The van der Waals surface area contributed by atoms with Crippen molar-refractivity contribution in [3.63, 3.8) is 0 Å². The normalized spacial score (nSPS) is 18.7. The van der Waals surface area contributed by atoms with Gasteiger partial charge in [-0.2, -0.15) is 0 Å². The molecule has 2 aromatic carbocycles. The SMILES string of the molecule is Cc1nc2ccc(C#Cc3ccc(CN4CCOCC4)cc3)cc2c(=O)n1C1CCC(=O)NC1=O. The van der Waals surface area contributed by atoms with E-state index in [-0.39, 0.29) is 24.3 Å². The van der Waals surface area contributed by atoms with Crippen LogP contribution in [0, 0.1) is 18.8 Å². The smallest absolute Gasteiger partial charge is 0.262 e. The van der Waals surface area contributed by atoms with Gasteiger partial charge in [-0.1, -0.05) is 24.0 Å². The number of rotatable bonds is 3. The third-order valence-electron chi connectivity index (χ3n) is 6.41. The van der Waals surface area contributed by atoms with Crippen LogP contribution in [-0.4, -0.2) is 52.6 Å². The van der Waals surface area contributed by atoms with Gasteiger partial charge in [0, 0.05) is 37.2 Å². The first-order chi connectivity index (χ1) is 17.0. The Morgan fingerprint density at radius 2 is 1.74 bits per heavy atom. The second kappa shape index (κ2) is 9.82. The highest BCUT2D eigenvalue weighted by Crippen LogP contribution is 2.20. The molecular formula is C27H26N4O4. The molecule has 3 aromatic rings. The molecule has 3 heterocycles. The fraction of sp³-hybridized carbons (Fsp3) is 0.333. The molecule has 1 unspecified atom stereocenters. The maximum atomic E-state index is 13.3. The van der Waals surface area contributed by atoms with Crippen LogP contribution in [0.5, 0.6) is 0 Å². The summed E-state index contributed by atoms with van der Waals surface area (Å²) >= 11 is 0. The fourth-order valence-electron chi connectivity index (χ4n) is 4.54. The van der Waals surface area contributed by atoms with Crippen molar-refractivity contribution in [2.75, 3.05) is 26.3 Å². The van der Waals surface area contributed by atoms with Gasteiger partial charge in [-0.05, 0) is 49.2 Å². The predicted octanol–water partition coefficient (Wildman–Crippen LogP) is 1.91. The van der Waals surface area contributed by atoms with Crippen molar-refractivity contribution in [3.8, 4) is 11.8 Å². The minimum Gasteiger partial charge on any atom is -0.379 e. The molecule has 35 heavy (non-hydrogen) atoms. The van der Waals surface area contributed by atoms with E-state index in [1.54, 1.807) is 19.1 Å². The molecule has 0 saturated carbocycles. The second-order valence-electron chi connectivity index (χ2n) is 8.87. The summed E-state index contributed by atoms with van der Waals surface area (Å²) in [6, 6.07) is 12.8. The number of hydrogen-bond donors (Lipinski definition) is 1. The van der Waals surface area contributed by atoms with Gasteiger partial charge in [-0.3, -0.25) is 29.2 Å². The van der Waals surface area contributed by atoms with Gasteiger partial charge in [0.25, 0.3) is 5.56 Å². The average Bonchev–Trinajstić information content (AvgIpc) is 2.86. The first kappa shape index (κ1) is 23.0. The number of aryl methyl sites for hydroxylation is 1. The van der Waals surface area contributed by atoms with E-state index in [9.17, 15) is 14.4 Å². The molecule has 2 aliphatic heterocycles. The van der Waals surface area contributed by atoms with E-state index < -0.39 is 11.9 Å². The van der Waals surface area contributed by atoms with Crippen LogP contribution in [0.1, 0.15) is 41.4 Å². The van der Waals surface area contributed by atoms with Crippen LogP contribution in [0.25, 0.3) is 10.9 Å². The number of carbonyl (C=O) groups excluding carboxylic acids is 2. The standard InChI is InChI=1S/C27H26N4O4/c1-18-28-23-9-8-20(16-22(23)27(34)31(18)24-10-11-25(32)29-26(24)33)5-2-19-3-6-21(7-4-19)17-30-12-14-35-15-13-30/h3-4,6-9,16,24H,10-15,17H2,1H3,(H,29,32,33). The number of piperidine rings is 1. The van der Waals surface area contributed by atoms with Crippen molar-refractivity contribution >= 4 is 22.7 Å². The van der Waals surface area contributed by atoms with E-state index in [1.165, 1.54) is 10.1 Å². The number of imide groups is 1. The summed E-state index contributed by atoms with van der Waals surface area (Å²) in [6.45, 7) is 6.05. The summed E-state index contributed by atoms with van der Waals surface area (Å²) in [7, 11) is 0. The molecule has 8 nitrogen and oxygen atoms in total. The van der Waals surface area contributed by atoms with Crippen molar-refractivity contribution in [1.29, 1.82) is 0 Å². The lowest BCUT2D eigenvalue weighted by Crippen LogP contribution is -2.45. The lowest BCUT2D eigenvalue weighted by molar-refractivity contribution is -0.135. The lowest BCUT2D eigenvalue weighted by Gasteiger charge is -2.26. The van der Waals surface area contributed by atoms with Gasteiger partial charge in [0.1, 0.15) is 11.9 Å². The Labute approximate surface area is 202 Å². The van der Waals surface area contributed by atoms with Crippen LogP contribution >= 0.6 is 0 Å². The number of ether oxygens (including phenoxy) is 1. The van der Waals surface area contributed by atoms with Gasteiger partial charge in [-0.25, -0.2) is 4.98 Å². The third-order valence-corrected chi connectivity index (χ3v) is 6.41. The Kier molecular flexibility index (Phi) is 6.45. The highest BCUT2D eigenvalue weighted by atomic mass is 16.5. The molecule has 2 aliphatic rings. The minimum atomic E-state index is -0.747. The molecule has 8 heteroatoms. The number of carbonyl (C=O) groups is 2. The van der Waals surface area contributed by atoms with E-state index in [1.807, 2.05) is 18.2 Å². The van der Waals surface area contributed by atoms with Gasteiger partial charge in [0.05, 0.1) is 24.1 Å². The second-order valence-corrected chi connectivity index (χ2v) is 8.87. The lowest BCUT2D eigenvalue weighted by atomic mass is 10.0. The molecule has 5 rings (SSSR count). The van der Waals surface area contributed by atoms with E-state index in [0.717, 1.165) is 38.4 Å². The monoisotopic (exact) mass is 470 g/mol. The van der Waals surface area contributed by atoms with Crippen molar-refractivity contribution in [2.45, 2.75) is 32.4 Å². The van der Waals surface area contributed by atoms with Crippen LogP contribution in [0.4, 0.5) is 0 Å². The number of morpholine rings is 1. The Balaban J connectivity index is 1.39. The molecule has 0 spiro atoms. The summed E-state index contributed by atoms with van der Waals surface area (Å²) in [5.41, 5.74) is 3.05. The summed E-state index contributed by atoms with van der Waals surface area (Å²) in [5, 5.41) is 2.71. The van der Waals surface area contributed by atoms with E-state index in [4.69, 9.17) is 4.74 Å². The molecule has 2 fully saturated rings. The van der Waals surface area contributed by atoms with Crippen LogP contribution < -0.4 is 10.9 Å². The topological polar surface area (TPSA) is 93.5 Å². The van der Waals surface area contributed by atoms with E-state index >= 15 is 0 Å². The van der Waals surface area contributed by atoms with Crippen LogP contribution in [0.3, 0.4) is 0 Å². The first-order valence-electron chi connectivity index (χ1n) is 11.8. The van der Waals surface area contributed by atoms with Gasteiger partial charge < -0.3 is 4.74 Å². The predicted molar refractivity (Wildman–Crippen MR) is 131 cm³/mol. The van der Waals surface area contributed by atoms with Gasteiger partial charge >= 0.3 is 0 Å². The quantitative estimate of drug-likeness (QED) is 0.464. The first-order valence-corrected chi connectivity index (χ1v) is 11.8. The Morgan fingerprint density at radius 3 is 2.49 bits per heavy atom. The van der Waals surface area contributed by atoms with Crippen LogP contribution in [-0.2, 0) is 20.9 Å². The molecular weight excluding hydrogens is 444 g/mol. The number of nitrogens with one attached hydrogen (secondary N) is 1. The van der Waals surface area contributed by atoms with Gasteiger partial charge in [0.2, 0.25) is 11.8 Å². The molecule has 1 atom stereocenters. The third kappa shape index (κ3) is 5.02. The van der Waals surface area contributed by atoms with Crippen molar-refractivity contribution in [2.24, 2.45) is 0 Å². The molecule has 1 N–H and O–H groups in total. The van der Waals surface area contributed by atoms with Crippen molar-refractivity contribution in [3.05, 3.63) is 75.3 Å². The number of fused-ring (bicyclic) bond motifs is 1. The maximum absolute atomic E-state index is 13.3. The Bertz CT molecular complexity index is 1410. The number of aromatic nitrogens is 2. The summed E-state index contributed by atoms with van der Waals surface area (Å²) in [5.74, 6) is 5.94. The van der Waals surface area contributed by atoms with Gasteiger partial charge in [0.15, 0.2) is 0 Å². The summed E-state index contributed by atoms with van der Waals surface area (Å²) < 4.78 is 6.79. The van der Waals surface area contributed by atoms with Crippen molar-refractivity contribution in [1.82, 2.24) is 19.8 Å². The zero-order valence-corrected chi connectivity index (χ0v) is 19.5. The van der Waals surface area contributed by atoms with Crippen LogP contribution in [0.2, 0.25) is 0 Å². The number of benzene rings is 2. The van der Waals surface area contributed by atoms with Gasteiger partial charge in [-0.15, -0.1) is 0 Å². The average molecular weight is 471 g/mol. The molecule has 2 amide bonds. The molecule has 178 valence electrons. The number of nitrogens with zero attached hydrogens (tertiary/aromatic N) is 3. The Morgan fingerprint density at radius 1 is 1.03 bits per heavy atom. The van der Waals surface area contributed by atoms with E-state index in [0.29, 0.717) is 22.3 Å². The molecule has 0 aliphatic carbocycles. The van der Waals surface area contributed by atoms with E-state index in [2.05, 4.69) is 39.2 Å². The number of hydrogen-bond acceptors (Lipinski definition) is 6. The van der Waals surface area contributed by atoms with Crippen molar-refractivity contribution < 1.29 is 14.3 Å². The van der Waals surface area contributed by atoms with Crippen LogP contribution in [0.15, 0.2) is 47.3 Å². The Hall–Kier alpha value is -3.80. The number of amides is 2. The molecule has 2 saturated heterocycles. The zero-order chi connectivity index (χ0) is 24.4. The highest BCUT2D eigenvalue weighted by molar-refractivity contribution is 5.99. The fourth-order valence-corrected chi connectivity index (χ4v) is 4.54. The molecule has 1 aromatic heterocycles. The zero-order valence-electron chi connectivity index (χ0n) is 19.5.